The third-order valence-electron chi connectivity index (χ3n) is 4.81. The van der Waals surface area contributed by atoms with Gasteiger partial charge in [0.1, 0.15) is 0 Å². The quantitative estimate of drug-likeness (QED) is 0.866. The van der Waals surface area contributed by atoms with E-state index in [0.717, 1.165) is 12.5 Å². The Morgan fingerprint density at radius 3 is 2.57 bits per heavy atom. The summed E-state index contributed by atoms with van der Waals surface area (Å²) in [5.74, 6) is 0.934. The van der Waals surface area contributed by atoms with Gasteiger partial charge in [0.2, 0.25) is 0 Å². The summed E-state index contributed by atoms with van der Waals surface area (Å²) in [5.41, 5.74) is 1.39. The van der Waals surface area contributed by atoms with Crippen molar-refractivity contribution in [3.05, 3.63) is 48.0 Å². The highest BCUT2D eigenvalue weighted by Crippen LogP contribution is 2.27. The summed E-state index contributed by atoms with van der Waals surface area (Å²) < 4.78 is 0. The van der Waals surface area contributed by atoms with E-state index in [1.54, 1.807) is 0 Å². The molecule has 1 unspecified atom stereocenters. The number of fused-ring (bicyclic) bond motifs is 1. The Bertz CT molecular complexity index is 589. The minimum Gasteiger partial charge on any atom is -0.312 e. The van der Waals surface area contributed by atoms with Crippen LogP contribution in [-0.4, -0.2) is 32.1 Å². The first-order valence-corrected chi connectivity index (χ1v) is 8.11. The van der Waals surface area contributed by atoms with Crippen LogP contribution in [0.1, 0.15) is 30.9 Å². The fourth-order valence-electron chi connectivity index (χ4n) is 3.29. The van der Waals surface area contributed by atoms with Gasteiger partial charge in [-0.3, -0.25) is 0 Å². The molecular formula is C19H26N2. The highest BCUT2D eigenvalue weighted by Gasteiger charge is 2.20. The van der Waals surface area contributed by atoms with Gasteiger partial charge in [-0.05, 0) is 55.3 Å². The number of hydrogen-bond acceptors (Lipinski definition) is 2. The lowest BCUT2D eigenvalue weighted by Crippen LogP contribution is -2.35. The molecule has 0 heterocycles. The Kier molecular flexibility index (Phi) is 4.57. The average Bonchev–Trinajstić information content (AvgIpc) is 2.48. The van der Waals surface area contributed by atoms with Gasteiger partial charge < -0.3 is 10.2 Å². The van der Waals surface area contributed by atoms with E-state index in [-0.39, 0.29) is 0 Å². The zero-order chi connectivity index (χ0) is 14.7. The van der Waals surface area contributed by atoms with Gasteiger partial charge in [0.05, 0.1) is 0 Å². The topological polar surface area (TPSA) is 15.3 Å². The van der Waals surface area contributed by atoms with Crippen LogP contribution in [0.4, 0.5) is 0 Å². The number of benzene rings is 2. The molecule has 0 aliphatic heterocycles. The maximum Gasteiger partial charge on any atom is 0.0446 e. The zero-order valence-corrected chi connectivity index (χ0v) is 13.2. The molecule has 1 fully saturated rings. The molecule has 0 aromatic heterocycles. The van der Waals surface area contributed by atoms with E-state index < -0.39 is 0 Å². The average molecular weight is 282 g/mol. The summed E-state index contributed by atoms with van der Waals surface area (Å²) in [6, 6.07) is 15.8. The van der Waals surface area contributed by atoms with Crippen LogP contribution < -0.4 is 5.32 Å². The van der Waals surface area contributed by atoms with Gasteiger partial charge >= 0.3 is 0 Å². The second-order valence-electron chi connectivity index (χ2n) is 6.47. The monoisotopic (exact) mass is 282 g/mol. The van der Waals surface area contributed by atoms with Crippen LogP contribution in [0.3, 0.4) is 0 Å². The van der Waals surface area contributed by atoms with Crippen LogP contribution in [0.25, 0.3) is 10.8 Å². The second kappa shape index (κ2) is 6.59. The molecule has 1 aliphatic rings. The Hall–Kier alpha value is -1.38. The Balaban J connectivity index is 1.70. The van der Waals surface area contributed by atoms with Gasteiger partial charge in [0.15, 0.2) is 0 Å². The highest BCUT2D eigenvalue weighted by molar-refractivity contribution is 5.83. The summed E-state index contributed by atoms with van der Waals surface area (Å²) in [4.78, 5) is 2.49. The maximum atomic E-state index is 3.48. The summed E-state index contributed by atoms with van der Waals surface area (Å²) in [5, 5.41) is 6.13. The normalized spacial score (nSPS) is 17.1. The molecule has 3 rings (SSSR count). The molecule has 2 aromatic rings. The van der Waals surface area contributed by atoms with Crippen molar-refractivity contribution in [2.45, 2.75) is 25.3 Å². The standard InChI is InChI=1S/C19H26N2/c1-20-19(14-21(2)13-15-6-5-7-15)18-11-10-16-8-3-4-9-17(16)12-18/h3-4,8-12,15,19-20H,5-7,13-14H2,1-2H3. The van der Waals surface area contributed by atoms with Gasteiger partial charge in [-0.15, -0.1) is 0 Å². The predicted molar refractivity (Wildman–Crippen MR) is 90.6 cm³/mol. The molecular weight excluding hydrogens is 256 g/mol. The van der Waals surface area contributed by atoms with E-state index in [4.69, 9.17) is 0 Å². The molecule has 112 valence electrons. The first-order valence-electron chi connectivity index (χ1n) is 8.11. The van der Waals surface area contributed by atoms with Crippen molar-refractivity contribution in [1.82, 2.24) is 10.2 Å². The van der Waals surface area contributed by atoms with E-state index in [1.165, 1.54) is 42.1 Å². The molecule has 0 amide bonds. The lowest BCUT2D eigenvalue weighted by atomic mass is 9.85. The zero-order valence-electron chi connectivity index (χ0n) is 13.2. The molecule has 1 N–H and O–H groups in total. The highest BCUT2D eigenvalue weighted by atomic mass is 15.1. The smallest absolute Gasteiger partial charge is 0.0446 e. The lowest BCUT2D eigenvalue weighted by molar-refractivity contribution is 0.193. The van der Waals surface area contributed by atoms with Gasteiger partial charge in [0.25, 0.3) is 0 Å². The van der Waals surface area contributed by atoms with E-state index in [1.807, 2.05) is 0 Å². The van der Waals surface area contributed by atoms with Gasteiger partial charge in [0, 0.05) is 19.1 Å². The van der Waals surface area contributed by atoms with Crippen LogP contribution >= 0.6 is 0 Å². The fourth-order valence-corrected chi connectivity index (χ4v) is 3.29. The molecule has 2 aromatic carbocycles. The third kappa shape index (κ3) is 3.45. The van der Waals surface area contributed by atoms with Gasteiger partial charge in [-0.2, -0.15) is 0 Å². The number of likely N-dealkylation sites (N-methyl/N-ethyl adjacent to an activating group) is 2. The van der Waals surface area contributed by atoms with E-state index in [2.05, 4.69) is 66.8 Å². The second-order valence-corrected chi connectivity index (χ2v) is 6.47. The molecule has 0 bridgehead atoms. The van der Waals surface area contributed by atoms with Crippen molar-refractivity contribution < 1.29 is 0 Å². The number of nitrogens with one attached hydrogen (secondary N) is 1. The van der Waals surface area contributed by atoms with Gasteiger partial charge in [-0.1, -0.05) is 42.8 Å². The molecule has 0 radical (unpaired) electrons. The molecule has 1 saturated carbocycles. The lowest BCUT2D eigenvalue weighted by Gasteiger charge is -2.32. The molecule has 21 heavy (non-hydrogen) atoms. The van der Waals surface area contributed by atoms with E-state index in [9.17, 15) is 0 Å². The molecule has 1 atom stereocenters. The van der Waals surface area contributed by atoms with Crippen molar-refractivity contribution >= 4 is 10.8 Å². The Morgan fingerprint density at radius 2 is 1.90 bits per heavy atom. The summed E-state index contributed by atoms with van der Waals surface area (Å²) in [7, 11) is 4.32. The Morgan fingerprint density at radius 1 is 1.14 bits per heavy atom. The molecule has 2 heteroatoms. The van der Waals surface area contributed by atoms with Crippen LogP contribution in [0.15, 0.2) is 42.5 Å². The third-order valence-corrected chi connectivity index (χ3v) is 4.81. The first-order chi connectivity index (χ1) is 10.3. The number of rotatable bonds is 6. The minimum absolute atomic E-state index is 0.402. The molecule has 0 saturated heterocycles. The molecule has 1 aliphatic carbocycles. The molecule has 0 spiro atoms. The molecule has 2 nitrogen and oxygen atoms in total. The summed E-state index contributed by atoms with van der Waals surface area (Å²) in [6.45, 7) is 2.32. The van der Waals surface area contributed by atoms with Crippen molar-refractivity contribution in [3.63, 3.8) is 0 Å². The number of nitrogens with zero attached hydrogens (tertiary/aromatic N) is 1. The van der Waals surface area contributed by atoms with Crippen LogP contribution in [-0.2, 0) is 0 Å². The van der Waals surface area contributed by atoms with Gasteiger partial charge in [-0.25, -0.2) is 0 Å². The SMILES string of the molecule is CNC(CN(C)CC1CCC1)c1ccc2ccccc2c1. The minimum atomic E-state index is 0.402. The van der Waals surface area contributed by atoms with Crippen molar-refractivity contribution in [2.75, 3.05) is 27.2 Å². The summed E-state index contributed by atoms with van der Waals surface area (Å²) >= 11 is 0. The van der Waals surface area contributed by atoms with Crippen LogP contribution in [0.5, 0.6) is 0 Å². The largest absolute Gasteiger partial charge is 0.312 e. The fraction of sp³-hybridized carbons (Fsp3) is 0.474. The van der Waals surface area contributed by atoms with Crippen molar-refractivity contribution in [1.29, 1.82) is 0 Å². The van der Waals surface area contributed by atoms with E-state index in [0.29, 0.717) is 6.04 Å². The summed E-state index contributed by atoms with van der Waals surface area (Å²) in [6.07, 6.45) is 4.27. The Labute approximate surface area is 128 Å². The van der Waals surface area contributed by atoms with Crippen LogP contribution in [0.2, 0.25) is 0 Å². The van der Waals surface area contributed by atoms with Crippen molar-refractivity contribution in [2.24, 2.45) is 5.92 Å². The maximum absolute atomic E-state index is 3.48. The van der Waals surface area contributed by atoms with Crippen molar-refractivity contribution in [3.8, 4) is 0 Å². The predicted octanol–water partition coefficient (Wildman–Crippen LogP) is 3.83. The first kappa shape index (κ1) is 14.6. The number of hydrogen-bond donors (Lipinski definition) is 1. The van der Waals surface area contributed by atoms with E-state index >= 15 is 0 Å². The van der Waals surface area contributed by atoms with Crippen LogP contribution in [0, 0.1) is 5.92 Å².